The SMILES string of the molecule is CC(C)c1cc2c(=O)n(C(C)C)c(=O)oc2nn1.CC(C)c1cc2c(cn1)OC(=O)C(C(C)C)C2=O.CC(C)c1ccc2c(c1)C(=O)C(C(C)C)C(=O)O2.CC(C)c1ccc2c(n1)C(=O)C(C(C)C)C(=O)O2.CC(C)c1cnc2c(c1)C(=O)C(C(C)C)C(=O)O2.CC(C)c1cnc2c(n1)C(=O)C(C(C)C)C(=O)O2.CC(C)c1ncc2c(n1)C(=O)C(C(C)C)C(=O)O2. The molecular formula is C95H116N10O21. The third-order valence-electron chi connectivity index (χ3n) is 21.5. The fraction of sp³-hybridized carbons (Fsp3) is 0.505. The van der Waals surface area contributed by atoms with E-state index in [1.807, 2.05) is 178 Å². The molecule has 7 aromatic heterocycles. The maximum atomic E-state index is 12.3. The van der Waals surface area contributed by atoms with Crippen molar-refractivity contribution in [3.63, 3.8) is 0 Å². The van der Waals surface area contributed by atoms with Crippen molar-refractivity contribution < 1.29 is 90.4 Å². The standard InChI is InChI=1S/C15H18O3.3C14H17NO3.2C13H16N2O3.C12H15N3O3/c1-8(2)10-5-6-12-11(7-10)14(16)13(9(3)4)15(17)18-12;1-7(2)10-5-9-11(6-15-10)18-14(17)12(8(3)4)13(9)16;1-7(2)9-5-10-12(16)11(8(3)4)14(17)18-13(10)15-6-9;1-7(2)9-5-6-10-12(15-9)13(16)11(8(3)4)14(17)18-10;1-6(2)9-11(16)10-8(18-13(9)17)5-14-12(15-10)7(3)4;1-6(2)8-5-14-12-10(15-8)11(16)9(7(3)4)13(17)18-12;1-6(2)9-5-8-10(14-13-9)18-12(17)15(7(3)4)11(8)16/h5-9,13H,1-4H3;5-8,12H,1-4H3;2*5-8,11H,1-4H3;2*5-7,9H,1-4H3;5-7H,1-4H3. The van der Waals surface area contributed by atoms with Crippen LogP contribution in [0.25, 0.3) is 11.1 Å². The summed E-state index contributed by atoms with van der Waals surface area (Å²) in [6.45, 7) is 53.5. The minimum Gasteiger partial charge on any atom is -0.425 e. The number of carbonyl (C=O) groups is 12. The summed E-state index contributed by atoms with van der Waals surface area (Å²) < 4.78 is 37.1. The van der Waals surface area contributed by atoms with Crippen molar-refractivity contribution in [1.82, 2.24) is 49.7 Å². The van der Waals surface area contributed by atoms with Gasteiger partial charge in [-0.15, -0.1) is 5.10 Å². The van der Waals surface area contributed by atoms with Gasteiger partial charge in [-0.2, -0.15) is 5.10 Å². The molecule has 0 bridgehead atoms. The van der Waals surface area contributed by atoms with Crippen molar-refractivity contribution in [2.24, 2.45) is 71.0 Å². The van der Waals surface area contributed by atoms with E-state index in [1.165, 1.54) is 12.4 Å². The molecule has 0 aliphatic carbocycles. The maximum Gasteiger partial charge on any atom is 0.423 e. The van der Waals surface area contributed by atoms with E-state index in [-0.39, 0.29) is 163 Å². The normalized spacial score (nSPS) is 18.0. The fourth-order valence-electron chi connectivity index (χ4n) is 13.9. The van der Waals surface area contributed by atoms with Crippen LogP contribution in [-0.2, 0) is 28.8 Å². The molecule has 6 atom stereocenters. The summed E-state index contributed by atoms with van der Waals surface area (Å²) in [6, 6.07) is 13.8. The molecule has 6 aliphatic rings. The maximum absolute atomic E-state index is 12.3. The summed E-state index contributed by atoms with van der Waals surface area (Å²) >= 11 is 0. The van der Waals surface area contributed by atoms with Crippen molar-refractivity contribution in [3.8, 4) is 34.8 Å². The van der Waals surface area contributed by atoms with E-state index in [4.69, 9.17) is 32.8 Å². The predicted octanol–water partition coefficient (Wildman–Crippen LogP) is 16.3. The quantitative estimate of drug-likeness (QED) is 0.0554. The molecule has 6 aliphatic heterocycles. The molecule has 1 aromatic carbocycles. The highest BCUT2D eigenvalue weighted by Crippen LogP contribution is 2.39. The topological polar surface area (TPSA) is 428 Å². The van der Waals surface area contributed by atoms with Crippen molar-refractivity contribution in [1.29, 1.82) is 0 Å². The summed E-state index contributed by atoms with van der Waals surface area (Å²) in [5.41, 5.74) is 6.91. The Balaban J connectivity index is 0.000000182. The van der Waals surface area contributed by atoms with Crippen LogP contribution in [0.5, 0.6) is 34.8 Å². The number of hydrogen-bond donors (Lipinski definition) is 0. The number of ketones is 6. The van der Waals surface area contributed by atoms with Crippen LogP contribution in [0.3, 0.4) is 0 Å². The van der Waals surface area contributed by atoms with Gasteiger partial charge in [-0.1, -0.05) is 186 Å². The molecule has 0 amide bonds. The Morgan fingerprint density at radius 3 is 1.17 bits per heavy atom. The van der Waals surface area contributed by atoms with E-state index >= 15 is 0 Å². The Hall–Kier alpha value is -12.3. The molecule has 8 aromatic rings. The van der Waals surface area contributed by atoms with Gasteiger partial charge < -0.3 is 32.8 Å². The van der Waals surface area contributed by atoms with Gasteiger partial charge in [0, 0.05) is 29.5 Å². The van der Waals surface area contributed by atoms with E-state index < -0.39 is 77.1 Å². The first kappa shape index (κ1) is 99.1. The summed E-state index contributed by atoms with van der Waals surface area (Å²) in [4.78, 5) is 197. The van der Waals surface area contributed by atoms with Gasteiger partial charge in [0.2, 0.25) is 11.7 Å². The lowest BCUT2D eigenvalue weighted by Crippen LogP contribution is -2.38. The number of aromatic nitrogens is 10. The highest BCUT2D eigenvalue weighted by molar-refractivity contribution is 6.16. The largest absolute Gasteiger partial charge is 0.425 e. The zero-order valence-corrected chi connectivity index (χ0v) is 77.0. The van der Waals surface area contributed by atoms with Gasteiger partial charge >= 0.3 is 41.6 Å². The molecule has 31 heteroatoms. The van der Waals surface area contributed by atoms with Crippen LogP contribution < -0.4 is 39.7 Å². The second-order valence-electron chi connectivity index (χ2n) is 36.2. The number of hydrogen-bond acceptors (Lipinski definition) is 30. The minimum atomic E-state index is -0.769. The lowest BCUT2D eigenvalue weighted by atomic mass is 9.85. The Bertz CT molecular complexity index is 4930. The van der Waals surface area contributed by atoms with Gasteiger partial charge in [0.25, 0.3) is 17.2 Å². The molecule has 31 nitrogen and oxygen atoms in total. The Kier molecular flexibility index (Phi) is 32.8. The van der Waals surface area contributed by atoms with Gasteiger partial charge in [-0.05, 0) is 138 Å². The van der Waals surface area contributed by atoms with Gasteiger partial charge in [0.1, 0.15) is 58.2 Å². The molecule has 0 saturated heterocycles. The summed E-state index contributed by atoms with van der Waals surface area (Å²) in [5, 5.41) is 8.02. The third kappa shape index (κ3) is 22.5. The molecule has 126 heavy (non-hydrogen) atoms. The Morgan fingerprint density at radius 1 is 0.294 bits per heavy atom. The molecule has 6 unspecified atom stereocenters. The van der Waals surface area contributed by atoms with Crippen molar-refractivity contribution in [2.45, 2.75) is 241 Å². The monoisotopic (exact) mass is 1730 g/mol. The smallest absolute Gasteiger partial charge is 0.423 e. The molecule has 672 valence electrons. The van der Waals surface area contributed by atoms with Crippen LogP contribution in [0.15, 0.2) is 87.3 Å². The number of pyridine rings is 3. The molecule has 0 saturated carbocycles. The number of rotatable bonds is 14. The molecule has 0 N–H and O–H groups in total. The van der Waals surface area contributed by atoms with Crippen LogP contribution in [0.4, 0.5) is 0 Å². The second-order valence-corrected chi connectivity index (χ2v) is 36.2. The molecule has 0 radical (unpaired) electrons. The Morgan fingerprint density at radius 2 is 0.690 bits per heavy atom. The van der Waals surface area contributed by atoms with E-state index in [0.717, 1.165) is 32.8 Å². The number of Topliss-reactive ketones (excluding diaryl/α,β-unsaturated/α-hetero) is 6. The number of nitrogens with zero attached hydrogens (tertiary/aromatic N) is 10. The van der Waals surface area contributed by atoms with E-state index in [1.54, 1.807) is 62.6 Å². The average Bonchev–Trinajstić information content (AvgIpc) is 0.819. The summed E-state index contributed by atoms with van der Waals surface area (Å²) in [5.74, 6) is -6.16. The van der Waals surface area contributed by atoms with Crippen LogP contribution >= 0.6 is 0 Å². The minimum absolute atomic E-state index is 0.00806. The number of benzene rings is 1. The van der Waals surface area contributed by atoms with Gasteiger partial charge in [0.05, 0.1) is 46.7 Å². The van der Waals surface area contributed by atoms with Gasteiger partial charge in [-0.3, -0.25) is 67.3 Å². The van der Waals surface area contributed by atoms with Crippen molar-refractivity contribution >= 4 is 81.6 Å². The Labute approximate surface area is 732 Å². The van der Waals surface area contributed by atoms with Gasteiger partial charge in [0.15, 0.2) is 57.6 Å². The summed E-state index contributed by atoms with van der Waals surface area (Å²) in [7, 11) is 0. The second kappa shape index (κ2) is 41.7. The zero-order valence-electron chi connectivity index (χ0n) is 77.0. The lowest BCUT2D eigenvalue weighted by Gasteiger charge is -2.25. The van der Waals surface area contributed by atoms with Crippen LogP contribution in [-0.4, -0.2) is 120 Å². The predicted molar refractivity (Wildman–Crippen MR) is 464 cm³/mol. The summed E-state index contributed by atoms with van der Waals surface area (Å²) in [6.07, 6.45) is 6.07. The number of fused-ring (bicyclic) bond motifs is 7. The molecule has 0 fully saturated rings. The fourth-order valence-corrected chi connectivity index (χ4v) is 13.9. The highest BCUT2D eigenvalue weighted by atomic mass is 16.6. The van der Waals surface area contributed by atoms with Crippen molar-refractivity contribution in [3.05, 3.63) is 168 Å². The van der Waals surface area contributed by atoms with E-state index in [2.05, 4.69) is 58.9 Å². The lowest BCUT2D eigenvalue weighted by molar-refractivity contribution is -0.140. The van der Waals surface area contributed by atoms with Crippen LogP contribution in [0, 0.1) is 71.0 Å². The average molecular weight is 1730 g/mol. The van der Waals surface area contributed by atoms with Crippen LogP contribution in [0.1, 0.15) is 344 Å². The molecule has 13 heterocycles. The molecule has 14 rings (SSSR count). The molecule has 0 spiro atoms. The zero-order chi connectivity index (χ0) is 94.1. The first-order chi connectivity index (χ1) is 58.9. The number of ether oxygens (including phenoxy) is 6. The van der Waals surface area contributed by atoms with Crippen molar-refractivity contribution in [2.75, 3.05) is 0 Å². The first-order valence-electron chi connectivity index (χ1n) is 42.8. The van der Waals surface area contributed by atoms with E-state index in [9.17, 15) is 67.1 Å². The van der Waals surface area contributed by atoms with Crippen LogP contribution in [0.2, 0.25) is 0 Å². The molecular weight excluding hydrogens is 1620 g/mol. The first-order valence-corrected chi connectivity index (χ1v) is 42.8. The number of carbonyl (C=O) groups excluding carboxylic acids is 12. The van der Waals surface area contributed by atoms with E-state index in [0.29, 0.717) is 51.0 Å². The highest BCUT2D eigenvalue weighted by Gasteiger charge is 2.46. The van der Waals surface area contributed by atoms with Gasteiger partial charge in [-0.25, -0.2) is 39.3 Å². The third-order valence-corrected chi connectivity index (χ3v) is 21.5. The number of esters is 6.